The van der Waals surface area contributed by atoms with Crippen LogP contribution in [0, 0.1) is 11.8 Å². The van der Waals surface area contributed by atoms with Gasteiger partial charge >= 0.3 is 6.18 Å². The molecule has 100 valence electrons. The van der Waals surface area contributed by atoms with Crippen molar-refractivity contribution < 1.29 is 23.0 Å². The molecule has 2 rings (SSSR count). The van der Waals surface area contributed by atoms with E-state index in [-0.39, 0.29) is 12.5 Å². The van der Waals surface area contributed by atoms with Crippen molar-refractivity contribution in [2.75, 3.05) is 13.2 Å². The predicted octanol–water partition coefficient (Wildman–Crippen LogP) is 3.10. The summed E-state index contributed by atoms with van der Waals surface area (Å²) in [6.07, 6.45) is -2.12. The second-order valence-corrected chi connectivity index (χ2v) is 4.61. The number of hydrogen-bond acceptors (Lipinski definition) is 2. The second kappa shape index (κ2) is 5.18. The van der Waals surface area contributed by atoms with Crippen LogP contribution in [0.2, 0.25) is 0 Å². The summed E-state index contributed by atoms with van der Waals surface area (Å²) in [6.45, 7) is 0.415. The molecule has 1 fully saturated rings. The summed E-state index contributed by atoms with van der Waals surface area (Å²) in [5.74, 6) is 0.999. The molecule has 0 saturated heterocycles. The van der Waals surface area contributed by atoms with Gasteiger partial charge < -0.3 is 9.84 Å². The molecule has 0 radical (unpaired) electrons. The smallest absolute Gasteiger partial charge is 0.416 e. The first kappa shape index (κ1) is 13.2. The Kier molecular flexibility index (Phi) is 3.80. The van der Waals surface area contributed by atoms with Crippen LogP contribution < -0.4 is 4.74 Å². The molecule has 0 aliphatic heterocycles. The summed E-state index contributed by atoms with van der Waals surface area (Å²) in [7, 11) is 0. The number of rotatable bonds is 5. The van der Waals surface area contributed by atoms with Gasteiger partial charge in [-0.3, -0.25) is 0 Å². The Labute approximate surface area is 103 Å². The van der Waals surface area contributed by atoms with Crippen molar-refractivity contribution in [2.24, 2.45) is 11.8 Å². The fourth-order valence-corrected chi connectivity index (χ4v) is 1.85. The van der Waals surface area contributed by atoms with Crippen molar-refractivity contribution in [3.05, 3.63) is 29.8 Å². The van der Waals surface area contributed by atoms with Gasteiger partial charge in [0.2, 0.25) is 0 Å². The van der Waals surface area contributed by atoms with Gasteiger partial charge in [-0.25, -0.2) is 0 Å². The normalized spacial score (nSPS) is 17.6. The quantitative estimate of drug-likeness (QED) is 0.881. The van der Waals surface area contributed by atoms with Crippen molar-refractivity contribution in [3.8, 4) is 5.75 Å². The van der Waals surface area contributed by atoms with Crippen LogP contribution in [0.5, 0.6) is 5.75 Å². The summed E-state index contributed by atoms with van der Waals surface area (Å²) in [5.41, 5.74) is -0.684. The van der Waals surface area contributed by atoms with Gasteiger partial charge in [0.15, 0.2) is 0 Å². The molecule has 1 aromatic rings. The molecular formula is C13H15F3O2. The van der Waals surface area contributed by atoms with Crippen LogP contribution in [0.1, 0.15) is 18.4 Å². The number of aliphatic hydroxyl groups is 1. The Balaban J connectivity index is 1.90. The zero-order valence-electron chi connectivity index (χ0n) is 9.78. The van der Waals surface area contributed by atoms with Gasteiger partial charge in [0.25, 0.3) is 0 Å². The lowest BCUT2D eigenvalue weighted by Crippen LogP contribution is -2.18. The molecule has 1 atom stereocenters. The average Bonchev–Trinajstić information content (AvgIpc) is 3.14. The first-order valence-corrected chi connectivity index (χ1v) is 5.91. The number of aliphatic hydroxyl groups excluding tert-OH is 1. The van der Waals surface area contributed by atoms with Crippen LogP contribution in [0.4, 0.5) is 13.2 Å². The van der Waals surface area contributed by atoms with Gasteiger partial charge in [-0.05, 0) is 43.0 Å². The third-order valence-corrected chi connectivity index (χ3v) is 3.17. The van der Waals surface area contributed by atoms with Gasteiger partial charge in [0.05, 0.1) is 12.2 Å². The maximum atomic E-state index is 12.3. The highest BCUT2D eigenvalue weighted by atomic mass is 19.4. The van der Waals surface area contributed by atoms with Crippen LogP contribution >= 0.6 is 0 Å². The van der Waals surface area contributed by atoms with Crippen LogP contribution in [0.3, 0.4) is 0 Å². The molecule has 18 heavy (non-hydrogen) atoms. The highest BCUT2D eigenvalue weighted by Crippen LogP contribution is 2.37. The third-order valence-electron chi connectivity index (χ3n) is 3.17. The number of ether oxygens (including phenoxy) is 1. The molecule has 0 amide bonds. The van der Waals surface area contributed by atoms with E-state index in [1.807, 2.05) is 0 Å². The molecule has 0 bridgehead atoms. The van der Waals surface area contributed by atoms with E-state index in [1.54, 1.807) is 0 Å². The monoisotopic (exact) mass is 260 g/mol. The minimum atomic E-state index is -4.32. The van der Waals surface area contributed by atoms with Crippen LogP contribution in [-0.4, -0.2) is 18.3 Å². The van der Waals surface area contributed by atoms with Gasteiger partial charge in [-0.15, -0.1) is 0 Å². The van der Waals surface area contributed by atoms with Crippen molar-refractivity contribution >= 4 is 0 Å². The molecule has 1 aliphatic rings. The lowest BCUT2D eigenvalue weighted by Gasteiger charge is -2.14. The highest BCUT2D eigenvalue weighted by Gasteiger charge is 2.32. The first-order valence-electron chi connectivity index (χ1n) is 5.91. The van der Waals surface area contributed by atoms with Crippen molar-refractivity contribution in [1.82, 2.24) is 0 Å². The Morgan fingerprint density at radius 2 is 1.83 bits per heavy atom. The molecule has 1 unspecified atom stereocenters. The third kappa shape index (κ3) is 3.38. The summed E-state index contributed by atoms with van der Waals surface area (Å²) >= 11 is 0. The topological polar surface area (TPSA) is 29.5 Å². The standard InChI is InChI=1S/C13H15F3O2/c14-13(15,16)11-3-5-12(6-4-11)18-8-10(7-17)9-1-2-9/h3-6,9-10,17H,1-2,7-8H2. The molecule has 1 saturated carbocycles. The second-order valence-electron chi connectivity index (χ2n) is 4.61. The van der Waals surface area contributed by atoms with Gasteiger partial charge in [0.1, 0.15) is 5.75 Å². The molecule has 5 heteroatoms. The van der Waals surface area contributed by atoms with E-state index >= 15 is 0 Å². The van der Waals surface area contributed by atoms with Gasteiger partial charge in [-0.2, -0.15) is 13.2 Å². The van der Waals surface area contributed by atoms with Gasteiger partial charge in [-0.1, -0.05) is 0 Å². The number of benzene rings is 1. The lowest BCUT2D eigenvalue weighted by atomic mass is 10.1. The van der Waals surface area contributed by atoms with Crippen molar-refractivity contribution in [1.29, 1.82) is 0 Å². The van der Waals surface area contributed by atoms with E-state index in [4.69, 9.17) is 9.84 Å². The Morgan fingerprint density at radius 1 is 1.22 bits per heavy atom. The zero-order chi connectivity index (χ0) is 13.2. The van der Waals surface area contributed by atoms with Crippen LogP contribution in [0.25, 0.3) is 0 Å². The summed E-state index contributed by atoms with van der Waals surface area (Å²) < 4.78 is 42.4. The summed E-state index contributed by atoms with van der Waals surface area (Å²) in [4.78, 5) is 0. The minimum Gasteiger partial charge on any atom is -0.493 e. The molecule has 0 heterocycles. The molecule has 1 aromatic carbocycles. The molecule has 0 spiro atoms. The average molecular weight is 260 g/mol. The van der Waals surface area contributed by atoms with Gasteiger partial charge in [0, 0.05) is 12.5 Å². The van der Waals surface area contributed by atoms with Crippen LogP contribution in [0.15, 0.2) is 24.3 Å². The first-order chi connectivity index (χ1) is 8.50. The highest BCUT2D eigenvalue weighted by molar-refractivity contribution is 5.28. The Bertz CT molecular complexity index is 382. The Morgan fingerprint density at radius 3 is 2.28 bits per heavy atom. The number of halogens is 3. The molecular weight excluding hydrogens is 245 g/mol. The SMILES string of the molecule is OCC(COc1ccc(C(F)(F)F)cc1)C1CC1. The fraction of sp³-hybridized carbons (Fsp3) is 0.538. The van der Waals surface area contributed by atoms with Crippen LogP contribution in [-0.2, 0) is 6.18 Å². The van der Waals surface area contributed by atoms with E-state index < -0.39 is 11.7 Å². The minimum absolute atomic E-state index is 0.0608. The molecule has 1 N–H and O–H groups in total. The van der Waals surface area contributed by atoms with Crippen molar-refractivity contribution in [2.45, 2.75) is 19.0 Å². The predicted molar refractivity (Wildman–Crippen MR) is 60.2 cm³/mol. The number of hydrogen-bond donors (Lipinski definition) is 1. The lowest BCUT2D eigenvalue weighted by molar-refractivity contribution is -0.137. The van der Waals surface area contributed by atoms with E-state index in [1.165, 1.54) is 12.1 Å². The fourth-order valence-electron chi connectivity index (χ4n) is 1.85. The van der Waals surface area contributed by atoms with E-state index in [9.17, 15) is 13.2 Å². The van der Waals surface area contributed by atoms with E-state index in [0.29, 0.717) is 18.3 Å². The van der Waals surface area contributed by atoms with E-state index in [0.717, 1.165) is 25.0 Å². The van der Waals surface area contributed by atoms with Crippen molar-refractivity contribution in [3.63, 3.8) is 0 Å². The zero-order valence-corrected chi connectivity index (χ0v) is 9.78. The summed E-state index contributed by atoms with van der Waals surface area (Å²) in [5, 5.41) is 9.14. The number of alkyl halides is 3. The Hall–Kier alpha value is -1.23. The maximum Gasteiger partial charge on any atom is 0.416 e. The molecule has 0 aromatic heterocycles. The largest absolute Gasteiger partial charge is 0.493 e. The summed E-state index contributed by atoms with van der Waals surface area (Å²) in [6, 6.07) is 4.62. The maximum absolute atomic E-state index is 12.3. The van der Waals surface area contributed by atoms with E-state index in [2.05, 4.69) is 0 Å². The molecule has 1 aliphatic carbocycles. The molecule has 2 nitrogen and oxygen atoms in total.